The predicted octanol–water partition coefficient (Wildman–Crippen LogP) is -1.29. The first-order valence-electron chi connectivity index (χ1n) is 2.84. The largest absolute Gasteiger partial charge is 0.372 e. The summed E-state index contributed by atoms with van der Waals surface area (Å²) in [6.45, 7) is 2.90. The van der Waals surface area contributed by atoms with Gasteiger partial charge >= 0.3 is 0 Å². The van der Waals surface area contributed by atoms with Crippen molar-refractivity contribution in [3.8, 4) is 0 Å². The lowest BCUT2D eigenvalue weighted by Crippen LogP contribution is -2.63. The first-order chi connectivity index (χ1) is 3.81. The SMILES string of the molecule is CCC(N)(O)C(C)(N)O. The number of rotatable bonds is 2. The lowest BCUT2D eigenvalue weighted by molar-refractivity contribution is -0.136. The van der Waals surface area contributed by atoms with Crippen LogP contribution in [0.4, 0.5) is 0 Å². The van der Waals surface area contributed by atoms with E-state index in [0.29, 0.717) is 0 Å². The van der Waals surface area contributed by atoms with Gasteiger partial charge in [0.1, 0.15) is 0 Å². The summed E-state index contributed by atoms with van der Waals surface area (Å²) in [4.78, 5) is 0. The highest BCUT2D eigenvalue weighted by Gasteiger charge is 2.37. The summed E-state index contributed by atoms with van der Waals surface area (Å²) >= 11 is 0. The van der Waals surface area contributed by atoms with Gasteiger partial charge < -0.3 is 21.7 Å². The van der Waals surface area contributed by atoms with E-state index in [1.807, 2.05) is 0 Å². The van der Waals surface area contributed by atoms with E-state index in [9.17, 15) is 0 Å². The Labute approximate surface area is 54.5 Å². The summed E-state index contributed by atoms with van der Waals surface area (Å²) < 4.78 is 0. The van der Waals surface area contributed by atoms with Gasteiger partial charge in [0.15, 0.2) is 11.4 Å². The van der Waals surface area contributed by atoms with Crippen LogP contribution in [-0.4, -0.2) is 21.7 Å². The maximum absolute atomic E-state index is 9.06. The van der Waals surface area contributed by atoms with Crippen LogP contribution in [0.1, 0.15) is 20.3 Å². The van der Waals surface area contributed by atoms with Crippen molar-refractivity contribution in [2.75, 3.05) is 0 Å². The molecule has 0 aromatic carbocycles. The topological polar surface area (TPSA) is 92.5 Å². The molecule has 4 heteroatoms. The van der Waals surface area contributed by atoms with Gasteiger partial charge in [-0.2, -0.15) is 0 Å². The molecule has 0 aliphatic carbocycles. The molecule has 6 N–H and O–H groups in total. The van der Waals surface area contributed by atoms with E-state index in [2.05, 4.69) is 0 Å². The molecule has 9 heavy (non-hydrogen) atoms. The number of hydrogen-bond acceptors (Lipinski definition) is 4. The number of nitrogens with two attached hydrogens (primary N) is 2. The van der Waals surface area contributed by atoms with Crippen LogP contribution in [0.3, 0.4) is 0 Å². The molecule has 0 spiro atoms. The second-order valence-corrected chi connectivity index (χ2v) is 2.43. The van der Waals surface area contributed by atoms with Gasteiger partial charge in [-0.05, 0) is 13.3 Å². The molecule has 0 aromatic heterocycles. The third-order valence-electron chi connectivity index (χ3n) is 1.42. The van der Waals surface area contributed by atoms with E-state index < -0.39 is 11.4 Å². The van der Waals surface area contributed by atoms with Crippen molar-refractivity contribution >= 4 is 0 Å². The molecule has 2 atom stereocenters. The minimum Gasteiger partial charge on any atom is -0.372 e. The van der Waals surface area contributed by atoms with Gasteiger partial charge in [0.2, 0.25) is 0 Å². The zero-order valence-electron chi connectivity index (χ0n) is 5.76. The summed E-state index contributed by atoms with van der Waals surface area (Å²) in [7, 11) is 0. The van der Waals surface area contributed by atoms with Crippen LogP contribution in [-0.2, 0) is 0 Å². The molecule has 0 saturated heterocycles. The Morgan fingerprint density at radius 1 is 1.33 bits per heavy atom. The van der Waals surface area contributed by atoms with Gasteiger partial charge in [-0.3, -0.25) is 0 Å². The molecule has 0 aliphatic heterocycles. The smallest absolute Gasteiger partial charge is 0.155 e. The van der Waals surface area contributed by atoms with Crippen molar-refractivity contribution < 1.29 is 10.2 Å². The maximum Gasteiger partial charge on any atom is 0.155 e. The van der Waals surface area contributed by atoms with Crippen LogP contribution in [0.15, 0.2) is 0 Å². The maximum atomic E-state index is 9.06. The van der Waals surface area contributed by atoms with E-state index in [0.717, 1.165) is 0 Å². The first-order valence-corrected chi connectivity index (χ1v) is 2.84. The highest BCUT2D eigenvalue weighted by Crippen LogP contribution is 2.13. The first kappa shape index (κ1) is 8.84. The van der Waals surface area contributed by atoms with Crippen LogP contribution >= 0.6 is 0 Å². The highest BCUT2D eigenvalue weighted by molar-refractivity contribution is 4.85. The summed E-state index contributed by atoms with van der Waals surface area (Å²) in [5, 5.41) is 18.0. The molecule has 0 fully saturated rings. The number of hydrogen-bond donors (Lipinski definition) is 4. The zero-order chi connectivity index (χ0) is 7.71. The Balaban J connectivity index is 4.14. The summed E-state index contributed by atoms with van der Waals surface area (Å²) in [5.41, 5.74) is 6.87. The minimum absolute atomic E-state index is 0.219. The molecule has 56 valence electrons. The van der Waals surface area contributed by atoms with Crippen molar-refractivity contribution in [3.05, 3.63) is 0 Å². The normalized spacial score (nSPS) is 24.7. The fourth-order valence-electron chi connectivity index (χ4n) is 0.358. The molecule has 4 nitrogen and oxygen atoms in total. The van der Waals surface area contributed by atoms with Crippen molar-refractivity contribution in [2.45, 2.75) is 31.7 Å². The Morgan fingerprint density at radius 2 is 1.67 bits per heavy atom. The van der Waals surface area contributed by atoms with E-state index in [4.69, 9.17) is 21.7 Å². The van der Waals surface area contributed by atoms with E-state index >= 15 is 0 Å². The zero-order valence-corrected chi connectivity index (χ0v) is 5.76. The summed E-state index contributed by atoms with van der Waals surface area (Å²) in [6.07, 6.45) is 0.219. The molecule has 0 heterocycles. The predicted molar refractivity (Wildman–Crippen MR) is 34.2 cm³/mol. The van der Waals surface area contributed by atoms with Crippen LogP contribution < -0.4 is 11.5 Å². The molecular weight excluding hydrogens is 120 g/mol. The van der Waals surface area contributed by atoms with Crippen molar-refractivity contribution in [2.24, 2.45) is 11.5 Å². The van der Waals surface area contributed by atoms with Crippen molar-refractivity contribution in [3.63, 3.8) is 0 Å². The van der Waals surface area contributed by atoms with Crippen LogP contribution in [0.2, 0.25) is 0 Å². The Morgan fingerprint density at radius 3 is 1.67 bits per heavy atom. The highest BCUT2D eigenvalue weighted by atomic mass is 16.4. The van der Waals surface area contributed by atoms with Gasteiger partial charge in [-0.15, -0.1) is 0 Å². The van der Waals surface area contributed by atoms with E-state index in [1.165, 1.54) is 6.92 Å². The molecule has 0 radical (unpaired) electrons. The van der Waals surface area contributed by atoms with Gasteiger partial charge in [0.05, 0.1) is 0 Å². The molecule has 0 aromatic rings. The van der Waals surface area contributed by atoms with Gasteiger partial charge in [0.25, 0.3) is 0 Å². The van der Waals surface area contributed by atoms with Gasteiger partial charge in [0, 0.05) is 0 Å². The molecule has 0 rings (SSSR count). The summed E-state index contributed by atoms with van der Waals surface area (Å²) in [5.74, 6) is 0. The molecule has 0 saturated carbocycles. The Kier molecular flexibility index (Phi) is 2.19. The van der Waals surface area contributed by atoms with Crippen molar-refractivity contribution in [1.29, 1.82) is 0 Å². The van der Waals surface area contributed by atoms with Crippen molar-refractivity contribution in [1.82, 2.24) is 0 Å². The van der Waals surface area contributed by atoms with E-state index in [-0.39, 0.29) is 6.42 Å². The minimum atomic E-state index is -1.72. The monoisotopic (exact) mass is 134 g/mol. The third kappa shape index (κ3) is 1.91. The lowest BCUT2D eigenvalue weighted by Gasteiger charge is -2.33. The molecule has 0 amide bonds. The average molecular weight is 134 g/mol. The van der Waals surface area contributed by atoms with Crippen LogP contribution in [0.25, 0.3) is 0 Å². The molecule has 2 unspecified atom stereocenters. The van der Waals surface area contributed by atoms with Gasteiger partial charge in [-0.25, -0.2) is 0 Å². The quantitative estimate of drug-likeness (QED) is 0.354. The Bertz CT molecular complexity index is 95.6. The average Bonchev–Trinajstić information content (AvgIpc) is 1.64. The third-order valence-corrected chi connectivity index (χ3v) is 1.42. The second-order valence-electron chi connectivity index (χ2n) is 2.43. The fourth-order valence-corrected chi connectivity index (χ4v) is 0.358. The summed E-state index contributed by atoms with van der Waals surface area (Å²) in [6, 6.07) is 0. The number of aliphatic hydroxyl groups is 2. The van der Waals surface area contributed by atoms with E-state index in [1.54, 1.807) is 6.92 Å². The second kappa shape index (κ2) is 2.22. The lowest BCUT2D eigenvalue weighted by atomic mass is 10.0. The Hall–Kier alpha value is -0.160. The van der Waals surface area contributed by atoms with Crippen LogP contribution in [0, 0.1) is 0 Å². The van der Waals surface area contributed by atoms with Gasteiger partial charge in [-0.1, -0.05) is 6.92 Å². The molecule has 0 bridgehead atoms. The molecule has 0 aliphatic rings. The van der Waals surface area contributed by atoms with Crippen LogP contribution in [0.5, 0.6) is 0 Å². The fraction of sp³-hybridized carbons (Fsp3) is 1.00. The molecular formula is C5H14N2O2. The standard InChI is InChI=1S/C5H14N2O2/c1-3-5(7,9)4(2,6)8/h8-9H,3,6-7H2,1-2H3.